The van der Waals surface area contributed by atoms with Crippen molar-refractivity contribution in [2.24, 2.45) is 52.8 Å². The number of fused-ring (bicyclic) bond motifs is 2. The molecular formula is C36H62O4. The van der Waals surface area contributed by atoms with Crippen LogP contribution in [0.3, 0.4) is 0 Å². The topological polar surface area (TPSA) is 63.6 Å². The first-order valence-electron chi connectivity index (χ1n) is 16.5. The average Bonchev–Trinajstić information content (AvgIpc) is 2.87. The highest BCUT2D eigenvalue weighted by atomic mass is 16.5. The van der Waals surface area contributed by atoms with E-state index in [-0.39, 0.29) is 35.1 Å². The van der Waals surface area contributed by atoms with Crippen molar-refractivity contribution >= 4 is 11.6 Å². The summed E-state index contributed by atoms with van der Waals surface area (Å²) in [6.07, 6.45) is 8.52. The van der Waals surface area contributed by atoms with E-state index >= 15 is 0 Å². The summed E-state index contributed by atoms with van der Waals surface area (Å²) < 4.78 is 6.09. The third kappa shape index (κ3) is 7.43. The van der Waals surface area contributed by atoms with E-state index < -0.39 is 11.3 Å². The molecule has 40 heavy (non-hydrogen) atoms. The number of aliphatic hydroxyl groups is 1. The Morgan fingerprint density at radius 1 is 0.875 bits per heavy atom. The van der Waals surface area contributed by atoms with Crippen LogP contribution in [0.4, 0.5) is 0 Å². The Labute approximate surface area is 246 Å². The molecule has 2 aliphatic rings. The van der Waals surface area contributed by atoms with Crippen LogP contribution in [0.5, 0.6) is 0 Å². The lowest BCUT2D eigenvalue weighted by Gasteiger charge is -2.54. The minimum absolute atomic E-state index is 0.0206. The third-order valence-electron chi connectivity index (χ3n) is 9.79. The van der Waals surface area contributed by atoms with Crippen molar-refractivity contribution in [3.63, 3.8) is 0 Å². The molecule has 0 amide bonds. The molecular weight excluding hydrogens is 496 g/mol. The molecule has 2 aliphatic carbocycles. The van der Waals surface area contributed by atoms with E-state index in [1.807, 2.05) is 6.92 Å². The molecule has 0 aromatic carbocycles. The molecule has 4 nitrogen and oxygen atoms in total. The van der Waals surface area contributed by atoms with Crippen LogP contribution in [0.2, 0.25) is 0 Å². The highest BCUT2D eigenvalue weighted by Crippen LogP contribution is 2.61. The zero-order chi connectivity index (χ0) is 30.4. The molecule has 0 saturated heterocycles. The number of ketones is 2. The maximum absolute atomic E-state index is 14.9. The summed E-state index contributed by atoms with van der Waals surface area (Å²) >= 11 is 0. The Bertz CT molecular complexity index is 921. The van der Waals surface area contributed by atoms with Gasteiger partial charge in [0.25, 0.3) is 0 Å². The lowest BCUT2D eigenvalue weighted by molar-refractivity contribution is -0.150. The van der Waals surface area contributed by atoms with E-state index in [4.69, 9.17) is 4.74 Å². The molecule has 4 heteroatoms. The number of methoxy groups -OCH3 is 1. The van der Waals surface area contributed by atoms with Crippen molar-refractivity contribution in [3.05, 3.63) is 22.7 Å². The summed E-state index contributed by atoms with van der Waals surface area (Å²) in [6.45, 7) is 21.8. The summed E-state index contributed by atoms with van der Waals surface area (Å²) in [5.74, 6) is 2.18. The first kappa shape index (κ1) is 34.6. The Morgan fingerprint density at radius 2 is 1.45 bits per heavy atom. The minimum atomic E-state index is -1.18. The minimum Gasteiger partial charge on any atom is -0.511 e. The molecule has 1 fully saturated rings. The number of allylic oxidation sites excluding steroid dienone is 3. The molecule has 5 unspecified atom stereocenters. The van der Waals surface area contributed by atoms with E-state index in [1.165, 1.54) is 0 Å². The molecule has 1 saturated carbocycles. The number of aliphatic hydroxyl groups excluding tert-OH is 1. The lowest BCUT2D eigenvalue weighted by Crippen LogP contribution is -2.58. The van der Waals surface area contributed by atoms with Gasteiger partial charge in [-0.25, -0.2) is 0 Å². The number of carbonyl (C=O) groups excluding carboxylic acids is 2. The predicted molar refractivity (Wildman–Crippen MR) is 167 cm³/mol. The molecule has 230 valence electrons. The van der Waals surface area contributed by atoms with Crippen molar-refractivity contribution in [3.8, 4) is 0 Å². The molecule has 1 N–H and O–H groups in total. The fraction of sp³-hybridized carbons (Fsp3) is 0.833. The SMILES string of the molecule is CCC(C)C(=O)C1C(CCC(C)C)C(CCCC(C)C)C2=C(OC)C(CCC(C)C)=C(O)C1(CCC(C)C)C2=O. The van der Waals surface area contributed by atoms with Crippen molar-refractivity contribution in [2.45, 2.75) is 133 Å². The van der Waals surface area contributed by atoms with Crippen LogP contribution >= 0.6 is 0 Å². The second-order valence-corrected chi connectivity index (χ2v) is 14.7. The maximum atomic E-state index is 14.9. The van der Waals surface area contributed by atoms with Gasteiger partial charge in [0.2, 0.25) is 0 Å². The van der Waals surface area contributed by atoms with Gasteiger partial charge < -0.3 is 9.84 Å². The van der Waals surface area contributed by atoms with Gasteiger partial charge in [-0.1, -0.05) is 88.5 Å². The van der Waals surface area contributed by atoms with Crippen LogP contribution in [-0.4, -0.2) is 23.8 Å². The summed E-state index contributed by atoms with van der Waals surface area (Å²) in [5.41, 5.74) is 0.395. The van der Waals surface area contributed by atoms with Gasteiger partial charge in [-0.15, -0.1) is 0 Å². The van der Waals surface area contributed by atoms with Crippen LogP contribution in [0.15, 0.2) is 22.7 Å². The van der Waals surface area contributed by atoms with Gasteiger partial charge in [0, 0.05) is 23.0 Å². The number of hydrogen-bond donors (Lipinski definition) is 1. The van der Waals surface area contributed by atoms with Crippen molar-refractivity contribution in [1.82, 2.24) is 0 Å². The lowest BCUT2D eigenvalue weighted by atomic mass is 9.47. The number of carbonyl (C=O) groups is 2. The molecule has 0 aromatic rings. The van der Waals surface area contributed by atoms with E-state index in [0.717, 1.165) is 62.5 Å². The smallest absolute Gasteiger partial charge is 0.177 e. The first-order chi connectivity index (χ1) is 18.7. The number of Topliss-reactive ketones (excluding diaryl/α,β-unsaturated/α-hetero) is 2. The van der Waals surface area contributed by atoms with Gasteiger partial charge in [0.15, 0.2) is 5.78 Å². The highest BCUT2D eigenvalue weighted by molar-refractivity contribution is 6.09. The Morgan fingerprint density at radius 3 is 1.95 bits per heavy atom. The van der Waals surface area contributed by atoms with Gasteiger partial charge in [-0.2, -0.15) is 0 Å². The monoisotopic (exact) mass is 558 g/mol. The van der Waals surface area contributed by atoms with Gasteiger partial charge >= 0.3 is 0 Å². The summed E-state index contributed by atoms with van der Waals surface area (Å²) in [4.78, 5) is 29.5. The van der Waals surface area contributed by atoms with Gasteiger partial charge in [-0.3, -0.25) is 9.59 Å². The first-order valence-corrected chi connectivity index (χ1v) is 16.5. The van der Waals surface area contributed by atoms with Crippen LogP contribution in [0.25, 0.3) is 0 Å². The molecule has 5 atom stereocenters. The molecule has 2 rings (SSSR count). The van der Waals surface area contributed by atoms with Crippen molar-refractivity contribution in [2.75, 3.05) is 7.11 Å². The number of ether oxygens (including phenoxy) is 1. The molecule has 0 aliphatic heterocycles. The van der Waals surface area contributed by atoms with Crippen LogP contribution in [0, 0.1) is 52.8 Å². The van der Waals surface area contributed by atoms with Crippen LogP contribution in [0.1, 0.15) is 133 Å². The Kier molecular flexibility index (Phi) is 13.0. The Balaban J connectivity index is 2.94. The predicted octanol–water partition coefficient (Wildman–Crippen LogP) is 9.88. The molecule has 0 aromatic heterocycles. The van der Waals surface area contributed by atoms with Crippen molar-refractivity contribution in [1.29, 1.82) is 0 Å². The largest absolute Gasteiger partial charge is 0.511 e. The highest BCUT2D eigenvalue weighted by Gasteiger charge is 2.64. The van der Waals surface area contributed by atoms with Crippen LogP contribution < -0.4 is 0 Å². The van der Waals surface area contributed by atoms with Crippen molar-refractivity contribution < 1.29 is 19.4 Å². The van der Waals surface area contributed by atoms with Gasteiger partial charge in [-0.05, 0) is 80.5 Å². The van der Waals surface area contributed by atoms with Crippen LogP contribution in [-0.2, 0) is 14.3 Å². The standard InChI is InChI=1S/C36H62O4/c1-12-26(10)32(37)31-28(18-16-23(4)5)27(15-13-14-22(2)3)30-33(40-11)29(19-17-24(6)7)34(38)36(31,35(30)39)21-20-25(8)9/h22-28,31,38H,12-21H2,1-11H3. The average molecular weight is 559 g/mol. The van der Waals surface area contributed by atoms with E-state index in [2.05, 4.69) is 62.3 Å². The molecule has 0 heterocycles. The molecule has 0 radical (unpaired) electrons. The second-order valence-electron chi connectivity index (χ2n) is 14.7. The summed E-state index contributed by atoms with van der Waals surface area (Å²) in [7, 11) is 1.66. The summed E-state index contributed by atoms with van der Waals surface area (Å²) in [5, 5.41) is 12.3. The number of rotatable bonds is 17. The maximum Gasteiger partial charge on any atom is 0.177 e. The Hall–Kier alpha value is -1.58. The normalized spacial score (nSPS) is 26.1. The van der Waals surface area contributed by atoms with E-state index in [9.17, 15) is 14.7 Å². The quantitative estimate of drug-likeness (QED) is 0.193. The number of hydrogen-bond acceptors (Lipinski definition) is 4. The fourth-order valence-corrected chi connectivity index (χ4v) is 7.19. The van der Waals surface area contributed by atoms with E-state index in [1.54, 1.807) is 7.11 Å². The molecule has 2 bridgehead atoms. The zero-order valence-corrected chi connectivity index (χ0v) is 27.9. The fourth-order valence-electron chi connectivity index (χ4n) is 7.19. The second kappa shape index (κ2) is 15.1. The third-order valence-corrected chi connectivity index (χ3v) is 9.79. The van der Waals surface area contributed by atoms with Gasteiger partial charge in [0.05, 0.1) is 7.11 Å². The van der Waals surface area contributed by atoms with Gasteiger partial charge in [0.1, 0.15) is 22.7 Å². The van der Waals surface area contributed by atoms with E-state index in [0.29, 0.717) is 42.3 Å². The molecule has 0 spiro atoms. The zero-order valence-electron chi connectivity index (χ0n) is 27.9. The summed E-state index contributed by atoms with van der Waals surface area (Å²) in [6, 6.07) is 0.